The third kappa shape index (κ3) is 3.10. The minimum atomic E-state index is 0.776. The Labute approximate surface area is 127 Å². The smallest absolute Gasteiger partial charge is 0.0360 e. The first-order chi connectivity index (χ1) is 9.13. The number of hydrogen-bond acceptors (Lipinski definition) is 2. The minimum Gasteiger partial charge on any atom is -0.309 e. The molecule has 1 aliphatic rings. The van der Waals surface area contributed by atoms with Crippen molar-refractivity contribution in [3.05, 3.63) is 44.7 Å². The fourth-order valence-electron chi connectivity index (χ4n) is 2.37. The molecule has 1 fully saturated rings. The van der Waals surface area contributed by atoms with E-state index in [-0.39, 0.29) is 0 Å². The first kappa shape index (κ1) is 13.3. The number of aryl methyl sites for hydroxylation is 2. The number of rotatable bonds is 4. The number of nitrogens with one attached hydrogen (secondary N) is 1. The van der Waals surface area contributed by atoms with Crippen LogP contribution in [0.15, 0.2) is 28.7 Å². The van der Waals surface area contributed by atoms with Crippen LogP contribution in [0, 0.1) is 13.8 Å². The SMILES string of the molecule is Cc1cc(C)c(-c2ccc(CNC3CC3)s2)c(Br)c1. The van der Waals surface area contributed by atoms with Crippen molar-refractivity contribution in [2.24, 2.45) is 0 Å². The molecule has 19 heavy (non-hydrogen) atoms. The third-order valence-corrected chi connectivity index (χ3v) is 5.21. The molecule has 0 radical (unpaired) electrons. The number of benzene rings is 1. The molecule has 2 aromatic rings. The van der Waals surface area contributed by atoms with E-state index in [1.807, 2.05) is 11.3 Å². The lowest BCUT2D eigenvalue weighted by atomic mass is 10.0. The maximum Gasteiger partial charge on any atom is 0.0360 e. The van der Waals surface area contributed by atoms with Crippen molar-refractivity contribution in [3.8, 4) is 10.4 Å². The molecule has 100 valence electrons. The minimum absolute atomic E-state index is 0.776. The Morgan fingerprint density at radius 1 is 1.26 bits per heavy atom. The van der Waals surface area contributed by atoms with Crippen LogP contribution in [0.4, 0.5) is 0 Å². The molecule has 0 spiro atoms. The van der Waals surface area contributed by atoms with E-state index in [0.29, 0.717) is 0 Å². The van der Waals surface area contributed by atoms with E-state index in [1.165, 1.54) is 43.8 Å². The molecule has 1 aromatic heterocycles. The molecule has 0 unspecified atom stereocenters. The Bertz CT molecular complexity index is 576. The zero-order valence-corrected chi connectivity index (χ0v) is 13.7. The van der Waals surface area contributed by atoms with Gasteiger partial charge in [0.1, 0.15) is 0 Å². The maximum atomic E-state index is 3.71. The van der Waals surface area contributed by atoms with Crippen LogP contribution in [0.3, 0.4) is 0 Å². The van der Waals surface area contributed by atoms with E-state index in [9.17, 15) is 0 Å². The summed E-state index contributed by atoms with van der Waals surface area (Å²) in [5.41, 5.74) is 3.99. The van der Waals surface area contributed by atoms with Gasteiger partial charge in [-0.25, -0.2) is 0 Å². The number of halogens is 1. The van der Waals surface area contributed by atoms with E-state index in [1.54, 1.807) is 0 Å². The van der Waals surface area contributed by atoms with Crippen LogP contribution >= 0.6 is 27.3 Å². The third-order valence-electron chi connectivity index (χ3n) is 3.48. The van der Waals surface area contributed by atoms with Gasteiger partial charge in [0.25, 0.3) is 0 Å². The van der Waals surface area contributed by atoms with Crippen molar-refractivity contribution in [2.45, 2.75) is 39.3 Å². The van der Waals surface area contributed by atoms with Crippen LogP contribution in [0.1, 0.15) is 28.8 Å². The van der Waals surface area contributed by atoms with Crippen molar-refractivity contribution in [1.29, 1.82) is 0 Å². The van der Waals surface area contributed by atoms with Crippen molar-refractivity contribution < 1.29 is 0 Å². The molecule has 1 N–H and O–H groups in total. The Balaban J connectivity index is 1.85. The predicted molar refractivity (Wildman–Crippen MR) is 86.8 cm³/mol. The average molecular weight is 336 g/mol. The lowest BCUT2D eigenvalue weighted by Gasteiger charge is -2.08. The Kier molecular flexibility index (Phi) is 3.79. The number of hydrogen-bond donors (Lipinski definition) is 1. The van der Waals surface area contributed by atoms with Gasteiger partial charge in [-0.05, 0) is 56.0 Å². The van der Waals surface area contributed by atoms with E-state index < -0.39 is 0 Å². The second-order valence-corrected chi connectivity index (χ2v) is 7.38. The summed E-state index contributed by atoms with van der Waals surface area (Å²) in [6.45, 7) is 5.34. The molecule has 1 aliphatic carbocycles. The molecule has 1 heterocycles. The van der Waals surface area contributed by atoms with Gasteiger partial charge in [0.05, 0.1) is 0 Å². The van der Waals surface area contributed by atoms with Gasteiger partial charge < -0.3 is 5.32 Å². The van der Waals surface area contributed by atoms with Crippen LogP contribution in [-0.4, -0.2) is 6.04 Å². The summed E-state index contributed by atoms with van der Waals surface area (Å²) in [6.07, 6.45) is 2.70. The van der Waals surface area contributed by atoms with Gasteiger partial charge in [-0.1, -0.05) is 22.0 Å². The molecule has 0 aliphatic heterocycles. The van der Waals surface area contributed by atoms with E-state index in [2.05, 4.69) is 59.4 Å². The molecule has 1 aromatic carbocycles. The summed E-state index contributed by atoms with van der Waals surface area (Å²) in [7, 11) is 0. The van der Waals surface area contributed by atoms with Crippen molar-refractivity contribution >= 4 is 27.3 Å². The van der Waals surface area contributed by atoms with Gasteiger partial charge >= 0.3 is 0 Å². The molecule has 1 nitrogen and oxygen atoms in total. The van der Waals surface area contributed by atoms with Crippen LogP contribution < -0.4 is 5.32 Å². The molecule has 1 saturated carbocycles. The van der Waals surface area contributed by atoms with Gasteiger partial charge in [-0.15, -0.1) is 11.3 Å². The largest absolute Gasteiger partial charge is 0.309 e. The highest BCUT2D eigenvalue weighted by molar-refractivity contribution is 9.10. The number of thiophene rings is 1. The van der Waals surface area contributed by atoms with Crippen LogP contribution in [0.5, 0.6) is 0 Å². The first-order valence-electron chi connectivity index (χ1n) is 6.72. The van der Waals surface area contributed by atoms with Gasteiger partial charge in [0, 0.05) is 32.4 Å². The summed E-state index contributed by atoms with van der Waals surface area (Å²) in [4.78, 5) is 2.78. The summed E-state index contributed by atoms with van der Waals surface area (Å²) in [5.74, 6) is 0. The Morgan fingerprint density at radius 2 is 2.05 bits per heavy atom. The second kappa shape index (κ2) is 5.39. The second-order valence-electron chi connectivity index (χ2n) is 5.36. The van der Waals surface area contributed by atoms with Crippen molar-refractivity contribution in [3.63, 3.8) is 0 Å². The highest BCUT2D eigenvalue weighted by atomic mass is 79.9. The topological polar surface area (TPSA) is 12.0 Å². The summed E-state index contributed by atoms with van der Waals surface area (Å²) in [6, 6.07) is 9.72. The summed E-state index contributed by atoms with van der Waals surface area (Å²) < 4.78 is 1.20. The van der Waals surface area contributed by atoms with Gasteiger partial charge in [-0.2, -0.15) is 0 Å². The molecule has 3 rings (SSSR count). The molecule has 0 saturated heterocycles. The van der Waals surface area contributed by atoms with Crippen LogP contribution in [0.25, 0.3) is 10.4 Å². The predicted octanol–water partition coefficient (Wildman–Crippen LogP) is 5.05. The standard InChI is InChI=1S/C16H18BrNS/c1-10-7-11(2)16(14(17)8-10)15-6-5-13(19-15)9-18-12-3-4-12/h5-8,12,18H,3-4,9H2,1-2H3. The molecular weight excluding hydrogens is 318 g/mol. The average Bonchev–Trinajstić information content (AvgIpc) is 3.05. The lowest BCUT2D eigenvalue weighted by Crippen LogP contribution is -2.14. The first-order valence-corrected chi connectivity index (χ1v) is 8.33. The van der Waals surface area contributed by atoms with Gasteiger partial charge in [-0.3, -0.25) is 0 Å². The highest BCUT2D eigenvalue weighted by Crippen LogP contribution is 2.37. The monoisotopic (exact) mass is 335 g/mol. The summed E-state index contributed by atoms with van der Waals surface area (Å²) >= 11 is 5.60. The maximum absolute atomic E-state index is 3.71. The fraction of sp³-hybridized carbons (Fsp3) is 0.375. The normalized spacial score (nSPS) is 14.9. The van der Waals surface area contributed by atoms with E-state index in [0.717, 1.165) is 12.6 Å². The molecule has 0 amide bonds. The van der Waals surface area contributed by atoms with E-state index in [4.69, 9.17) is 0 Å². The van der Waals surface area contributed by atoms with Gasteiger partial charge in [0.15, 0.2) is 0 Å². The fourth-order valence-corrected chi connectivity index (χ4v) is 4.47. The van der Waals surface area contributed by atoms with E-state index >= 15 is 0 Å². The zero-order valence-electron chi connectivity index (χ0n) is 11.3. The van der Waals surface area contributed by atoms with Crippen molar-refractivity contribution in [1.82, 2.24) is 5.32 Å². The summed E-state index contributed by atoms with van der Waals surface area (Å²) in [5, 5.41) is 3.57. The molecule has 0 atom stereocenters. The Hall–Kier alpha value is -0.640. The van der Waals surface area contributed by atoms with Gasteiger partial charge in [0.2, 0.25) is 0 Å². The Morgan fingerprint density at radius 3 is 2.74 bits per heavy atom. The molecular formula is C16H18BrNS. The van der Waals surface area contributed by atoms with Crippen LogP contribution in [-0.2, 0) is 6.54 Å². The zero-order chi connectivity index (χ0) is 13.4. The quantitative estimate of drug-likeness (QED) is 0.824. The molecule has 3 heteroatoms. The highest BCUT2D eigenvalue weighted by Gasteiger charge is 2.20. The van der Waals surface area contributed by atoms with Crippen molar-refractivity contribution in [2.75, 3.05) is 0 Å². The molecule has 0 bridgehead atoms. The lowest BCUT2D eigenvalue weighted by molar-refractivity contribution is 0.695. The van der Waals surface area contributed by atoms with Crippen LogP contribution in [0.2, 0.25) is 0 Å².